The summed E-state index contributed by atoms with van der Waals surface area (Å²) >= 11 is 1.37. The number of nitrogens with one attached hydrogen (secondary N) is 2. The highest BCUT2D eigenvalue weighted by Crippen LogP contribution is 2.33. The predicted molar refractivity (Wildman–Crippen MR) is 135 cm³/mol. The third-order valence-corrected chi connectivity index (χ3v) is 6.37. The number of thiophene rings is 1. The highest BCUT2D eigenvalue weighted by atomic mass is 32.1. The van der Waals surface area contributed by atoms with Gasteiger partial charge in [0.05, 0.1) is 34.5 Å². The van der Waals surface area contributed by atoms with Crippen molar-refractivity contribution in [3.8, 4) is 0 Å². The molecule has 2 N–H and O–H groups in total. The second kappa shape index (κ2) is 9.94. The van der Waals surface area contributed by atoms with Crippen molar-refractivity contribution in [1.29, 1.82) is 0 Å². The van der Waals surface area contributed by atoms with Gasteiger partial charge in [-0.05, 0) is 30.7 Å². The first-order valence-electron chi connectivity index (χ1n) is 10.9. The first-order chi connectivity index (χ1) is 16.7. The molecular weight excluding hydrogens is 450 g/mol. The molecule has 172 valence electrons. The molecule has 0 spiro atoms. The molecule has 0 saturated carbocycles. The molecule has 4 heterocycles. The van der Waals surface area contributed by atoms with E-state index in [1.54, 1.807) is 36.8 Å². The van der Waals surface area contributed by atoms with E-state index in [2.05, 4.69) is 30.7 Å². The number of nitrogens with zero attached hydrogens (tertiary/aromatic N) is 5. The lowest BCUT2D eigenvalue weighted by Gasteiger charge is -2.28. The highest BCUT2D eigenvalue weighted by Gasteiger charge is 2.21. The minimum Gasteiger partial charge on any atom is -0.378 e. The first kappa shape index (κ1) is 21.9. The summed E-state index contributed by atoms with van der Waals surface area (Å²) in [5.74, 6) is 0.945. The topological polar surface area (TPSA) is 105 Å². The number of amides is 1. The number of carbonyl (C=O) groups is 1. The fourth-order valence-corrected chi connectivity index (χ4v) is 4.62. The number of fused-ring (bicyclic) bond motifs is 1. The summed E-state index contributed by atoms with van der Waals surface area (Å²) in [7, 11) is 0. The van der Waals surface area contributed by atoms with Crippen molar-refractivity contribution in [2.45, 2.75) is 6.92 Å². The second-order valence-corrected chi connectivity index (χ2v) is 8.82. The smallest absolute Gasteiger partial charge is 0.265 e. The molecule has 1 saturated heterocycles. The van der Waals surface area contributed by atoms with Crippen LogP contribution in [0.25, 0.3) is 10.2 Å². The number of morpholine rings is 1. The van der Waals surface area contributed by atoms with E-state index in [9.17, 15) is 4.79 Å². The zero-order valence-corrected chi connectivity index (χ0v) is 19.4. The summed E-state index contributed by atoms with van der Waals surface area (Å²) in [4.78, 5) is 28.9. The average molecular weight is 474 g/mol. The van der Waals surface area contributed by atoms with E-state index in [1.165, 1.54) is 11.3 Å². The number of ether oxygens (including phenoxy) is 1. The van der Waals surface area contributed by atoms with Gasteiger partial charge in [-0.1, -0.05) is 29.8 Å². The van der Waals surface area contributed by atoms with E-state index >= 15 is 0 Å². The lowest BCUT2D eigenvalue weighted by atomic mass is 10.2. The zero-order valence-electron chi connectivity index (χ0n) is 18.6. The standard InChI is InChI=1S/C24H23N7O2S/c1-16-3-2-4-17(13-16)15-26-30-24-28-19-14-20(23(32)27-18-5-7-25-8-6-18)34-21(19)22(29-24)31-9-11-33-12-10-31/h2-8,13-15H,9-12H2,1H3,(H,25,27,32)(H,28,29,30)/b26-15+. The second-order valence-electron chi connectivity index (χ2n) is 7.77. The molecule has 1 aliphatic rings. The van der Waals surface area contributed by atoms with Gasteiger partial charge in [0, 0.05) is 31.2 Å². The Morgan fingerprint density at radius 1 is 1.15 bits per heavy atom. The van der Waals surface area contributed by atoms with Crippen LogP contribution in [0.3, 0.4) is 0 Å². The Kier molecular flexibility index (Phi) is 6.41. The van der Waals surface area contributed by atoms with E-state index in [-0.39, 0.29) is 5.91 Å². The largest absolute Gasteiger partial charge is 0.378 e. The van der Waals surface area contributed by atoms with E-state index < -0.39 is 0 Å². The van der Waals surface area contributed by atoms with E-state index in [0.29, 0.717) is 48.3 Å². The van der Waals surface area contributed by atoms with Gasteiger partial charge in [0.1, 0.15) is 0 Å². The van der Waals surface area contributed by atoms with Crippen molar-refractivity contribution >= 4 is 51.1 Å². The summed E-state index contributed by atoms with van der Waals surface area (Å²) in [6, 6.07) is 13.3. The number of carbonyl (C=O) groups excluding carboxylic acids is 1. The van der Waals surface area contributed by atoms with Gasteiger partial charge in [-0.3, -0.25) is 9.78 Å². The summed E-state index contributed by atoms with van der Waals surface area (Å²) in [5, 5.41) is 7.22. The van der Waals surface area contributed by atoms with Crippen LogP contribution in [0.4, 0.5) is 17.5 Å². The number of hydrazone groups is 1. The molecule has 4 aromatic rings. The van der Waals surface area contributed by atoms with Crippen LogP contribution in [0.15, 0.2) is 60.0 Å². The lowest BCUT2D eigenvalue weighted by Crippen LogP contribution is -2.36. The summed E-state index contributed by atoms with van der Waals surface area (Å²) < 4.78 is 6.36. The normalized spacial score (nSPS) is 14.0. The van der Waals surface area contributed by atoms with Gasteiger partial charge >= 0.3 is 0 Å². The number of pyridine rings is 1. The Labute approximate surface area is 200 Å². The summed E-state index contributed by atoms with van der Waals surface area (Å²) in [6.07, 6.45) is 5.01. The molecule has 0 unspecified atom stereocenters. The van der Waals surface area contributed by atoms with Gasteiger partial charge in [0.25, 0.3) is 5.91 Å². The molecule has 5 rings (SSSR count). The molecule has 9 nitrogen and oxygen atoms in total. The molecule has 10 heteroatoms. The quantitative estimate of drug-likeness (QED) is 0.323. The van der Waals surface area contributed by atoms with Crippen molar-refractivity contribution < 1.29 is 9.53 Å². The summed E-state index contributed by atoms with van der Waals surface area (Å²) in [5.41, 5.74) is 6.46. The first-order valence-corrected chi connectivity index (χ1v) is 11.7. The van der Waals surface area contributed by atoms with Crippen LogP contribution in [0.1, 0.15) is 20.8 Å². The minimum atomic E-state index is -0.200. The Hall–Kier alpha value is -3.89. The number of aromatic nitrogens is 3. The van der Waals surface area contributed by atoms with Gasteiger partial charge < -0.3 is 15.0 Å². The van der Waals surface area contributed by atoms with Crippen molar-refractivity contribution in [2.24, 2.45) is 5.10 Å². The Morgan fingerprint density at radius 2 is 1.97 bits per heavy atom. The van der Waals surface area contributed by atoms with Gasteiger partial charge in [0.2, 0.25) is 5.95 Å². The van der Waals surface area contributed by atoms with Crippen LogP contribution >= 0.6 is 11.3 Å². The molecule has 0 aliphatic carbocycles. The van der Waals surface area contributed by atoms with Crippen molar-refractivity contribution in [3.05, 3.63) is 70.9 Å². The van der Waals surface area contributed by atoms with Crippen molar-refractivity contribution in [3.63, 3.8) is 0 Å². The minimum absolute atomic E-state index is 0.200. The Morgan fingerprint density at radius 3 is 2.76 bits per heavy atom. The number of anilines is 3. The van der Waals surface area contributed by atoms with E-state index in [4.69, 9.17) is 9.72 Å². The molecule has 1 amide bonds. The van der Waals surface area contributed by atoms with E-state index in [1.807, 2.05) is 31.2 Å². The molecule has 0 atom stereocenters. The fourth-order valence-electron chi connectivity index (χ4n) is 3.61. The maximum Gasteiger partial charge on any atom is 0.265 e. The van der Waals surface area contributed by atoms with Gasteiger partial charge in [-0.2, -0.15) is 10.1 Å². The molecule has 1 fully saturated rings. The zero-order chi connectivity index (χ0) is 23.3. The Bertz CT molecular complexity index is 1330. The fraction of sp³-hybridized carbons (Fsp3) is 0.208. The van der Waals surface area contributed by atoms with Gasteiger partial charge in [-0.25, -0.2) is 10.4 Å². The third kappa shape index (κ3) is 5.03. The molecule has 0 bridgehead atoms. The molecule has 3 aromatic heterocycles. The maximum atomic E-state index is 12.9. The monoisotopic (exact) mass is 473 g/mol. The van der Waals surface area contributed by atoms with Gasteiger partial charge in [0.15, 0.2) is 5.82 Å². The number of benzene rings is 1. The number of hydrogen-bond acceptors (Lipinski definition) is 9. The highest BCUT2D eigenvalue weighted by molar-refractivity contribution is 7.21. The maximum absolute atomic E-state index is 12.9. The third-order valence-electron chi connectivity index (χ3n) is 5.25. The molecule has 34 heavy (non-hydrogen) atoms. The number of aryl methyl sites for hydroxylation is 1. The van der Waals surface area contributed by atoms with Crippen LogP contribution in [-0.2, 0) is 4.74 Å². The Balaban J connectivity index is 1.45. The van der Waals surface area contributed by atoms with Crippen LogP contribution in [0, 0.1) is 6.92 Å². The van der Waals surface area contributed by atoms with Crippen LogP contribution in [-0.4, -0.2) is 53.4 Å². The molecule has 1 aliphatic heterocycles. The van der Waals surface area contributed by atoms with E-state index in [0.717, 1.165) is 21.6 Å². The van der Waals surface area contributed by atoms with Crippen molar-refractivity contribution in [2.75, 3.05) is 41.9 Å². The number of rotatable bonds is 6. The molecular formula is C24H23N7O2S. The van der Waals surface area contributed by atoms with Crippen LogP contribution < -0.4 is 15.6 Å². The number of hydrogen-bond donors (Lipinski definition) is 2. The van der Waals surface area contributed by atoms with Crippen LogP contribution in [0.5, 0.6) is 0 Å². The SMILES string of the molecule is Cc1cccc(/C=N/Nc2nc(N3CCOCC3)c3sc(C(=O)Nc4ccncc4)cc3n2)c1. The summed E-state index contributed by atoms with van der Waals surface area (Å²) in [6.45, 7) is 4.72. The average Bonchev–Trinajstić information content (AvgIpc) is 3.29. The van der Waals surface area contributed by atoms with Crippen molar-refractivity contribution in [1.82, 2.24) is 15.0 Å². The molecule has 1 aromatic carbocycles. The predicted octanol–water partition coefficient (Wildman–Crippen LogP) is 3.93. The molecule has 0 radical (unpaired) electrons. The lowest BCUT2D eigenvalue weighted by molar-refractivity contribution is 0.103. The van der Waals surface area contributed by atoms with Crippen LogP contribution in [0.2, 0.25) is 0 Å². The van der Waals surface area contributed by atoms with Gasteiger partial charge in [-0.15, -0.1) is 11.3 Å².